The predicted octanol–water partition coefficient (Wildman–Crippen LogP) is 2.83. The quantitative estimate of drug-likeness (QED) is 0.750. The SMILES string of the molecule is O=C(Cn1nc2c(c1NC(=O)c1ccc(Cl)cc1)CSC2)NCC1CCCO1. The Morgan fingerprint density at radius 2 is 2.11 bits per heavy atom. The van der Waals surface area contributed by atoms with Crippen molar-refractivity contribution in [3.05, 3.63) is 46.1 Å². The van der Waals surface area contributed by atoms with E-state index < -0.39 is 0 Å². The number of ether oxygens (including phenoxy) is 1. The summed E-state index contributed by atoms with van der Waals surface area (Å²) in [5.41, 5.74) is 2.40. The lowest BCUT2D eigenvalue weighted by molar-refractivity contribution is -0.122. The summed E-state index contributed by atoms with van der Waals surface area (Å²) in [5.74, 6) is 1.74. The van der Waals surface area contributed by atoms with Gasteiger partial charge in [0, 0.05) is 40.8 Å². The summed E-state index contributed by atoms with van der Waals surface area (Å²) in [4.78, 5) is 25.0. The molecule has 0 bridgehead atoms. The number of carbonyl (C=O) groups excluding carboxylic acids is 2. The number of nitrogens with one attached hydrogen (secondary N) is 2. The minimum atomic E-state index is -0.253. The Morgan fingerprint density at radius 3 is 2.86 bits per heavy atom. The molecule has 0 saturated carbocycles. The molecule has 2 aromatic rings. The number of hydrogen-bond donors (Lipinski definition) is 2. The fourth-order valence-corrected chi connectivity index (χ4v) is 4.49. The van der Waals surface area contributed by atoms with Crippen LogP contribution in [-0.2, 0) is 27.6 Å². The van der Waals surface area contributed by atoms with Crippen molar-refractivity contribution < 1.29 is 14.3 Å². The molecule has 1 atom stereocenters. The van der Waals surface area contributed by atoms with E-state index in [4.69, 9.17) is 16.3 Å². The second-order valence-electron chi connectivity index (χ2n) is 6.82. The predicted molar refractivity (Wildman–Crippen MR) is 109 cm³/mol. The number of nitrogens with zero attached hydrogens (tertiary/aromatic N) is 2. The number of aromatic nitrogens is 2. The first-order valence-corrected chi connectivity index (χ1v) is 10.7. The molecule has 1 saturated heterocycles. The molecular formula is C19H21ClN4O3S. The zero-order chi connectivity index (χ0) is 19.5. The smallest absolute Gasteiger partial charge is 0.256 e. The van der Waals surface area contributed by atoms with Crippen LogP contribution in [0.2, 0.25) is 5.02 Å². The van der Waals surface area contributed by atoms with Gasteiger partial charge in [-0.15, -0.1) is 0 Å². The van der Waals surface area contributed by atoms with Crippen LogP contribution in [0.3, 0.4) is 0 Å². The van der Waals surface area contributed by atoms with Crippen molar-refractivity contribution in [1.29, 1.82) is 0 Å². The Bertz CT molecular complexity index is 878. The van der Waals surface area contributed by atoms with E-state index in [1.807, 2.05) is 0 Å². The molecule has 1 aromatic carbocycles. The number of rotatable bonds is 6. The van der Waals surface area contributed by atoms with Crippen molar-refractivity contribution in [2.24, 2.45) is 0 Å². The zero-order valence-corrected chi connectivity index (χ0v) is 16.8. The van der Waals surface area contributed by atoms with Crippen LogP contribution in [-0.4, -0.2) is 40.9 Å². The molecule has 148 valence electrons. The van der Waals surface area contributed by atoms with Gasteiger partial charge in [-0.1, -0.05) is 11.6 Å². The van der Waals surface area contributed by atoms with E-state index in [9.17, 15) is 9.59 Å². The normalized spacial score (nSPS) is 18.1. The Hall–Kier alpha value is -2.03. The Morgan fingerprint density at radius 1 is 1.29 bits per heavy atom. The molecule has 0 radical (unpaired) electrons. The molecular weight excluding hydrogens is 400 g/mol. The van der Waals surface area contributed by atoms with Gasteiger partial charge >= 0.3 is 0 Å². The minimum Gasteiger partial charge on any atom is -0.376 e. The standard InChI is InChI=1S/C19H21ClN4O3S/c20-13-5-3-12(4-6-13)19(26)22-18-15-10-28-11-16(15)23-24(18)9-17(25)21-8-14-2-1-7-27-14/h3-6,14H,1-2,7-11H2,(H,21,25)(H,22,26). The monoisotopic (exact) mass is 420 g/mol. The highest BCUT2D eigenvalue weighted by Gasteiger charge is 2.25. The summed E-state index contributed by atoms with van der Waals surface area (Å²) in [6.07, 6.45) is 2.09. The Labute approximate surface area is 172 Å². The van der Waals surface area contributed by atoms with Gasteiger partial charge in [-0.3, -0.25) is 9.59 Å². The summed E-state index contributed by atoms with van der Waals surface area (Å²) >= 11 is 7.63. The fourth-order valence-electron chi connectivity index (χ4n) is 3.33. The maximum absolute atomic E-state index is 12.6. The van der Waals surface area contributed by atoms with Crippen molar-refractivity contribution in [3.63, 3.8) is 0 Å². The second-order valence-corrected chi connectivity index (χ2v) is 8.25. The van der Waals surface area contributed by atoms with Gasteiger partial charge in [0.15, 0.2) is 0 Å². The maximum Gasteiger partial charge on any atom is 0.256 e. The molecule has 1 unspecified atom stereocenters. The van der Waals surface area contributed by atoms with Crippen molar-refractivity contribution in [1.82, 2.24) is 15.1 Å². The van der Waals surface area contributed by atoms with Gasteiger partial charge < -0.3 is 15.4 Å². The second kappa shape index (κ2) is 8.55. The maximum atomic E-state index is 12.6. The highest BCUT2D eigenvalue weighted by atomic mass is 35.5. The number of carbonyl (C=O) groups is 2. The molecule has 1 aromatic heterocycles. The molecule has 28 heavy (non-hydrogen) atoms. The van der Waals surface area contributed by atoms with Crippen molar-refractivity contribution in [2.75, 3.05) is 18.5 Å². The van der Waals surface area contributed by atoms with E-state index >= 15 is 0 Å². The lowest BCUT2D eigenvalue weighted by Gasteiger charge is -2.13. The van der Waals surface area contributed by atoms with Gasteiger partial charge in [0.1, 0.15) is 12.4 Å². The molecule has 0 spiro atoms. The third-order valence-electron chi connectivity index (χ3n) is 4.80. The van der Waals surface area contributed by atoms with Gasteiger partial charge in [0.05, 0.1) is 11.8 Å². The molecule has 2 aliphatic heterocycles. The van der Waals surface area contributed by atoms with Gasteiger partial charge in [0.2, 0.25) is 5.91 Å². The molecule has 9 heteroatoms. The molecule has 4 rings (SSSR count). The van der Waals surface area contributed by atoms with E-state index in [0.29, 0.717) is 22.9 Å². The molecule has 7 nitrogen and oxygen atoms in total. The van der Waals surface area contributed by atoms with E-state index in [1.54, 1.807) is 40.7 Å². The van der Waals surface area contributed by atoms with Gasteiger partial charge in [-0.2, -0.15) is 16.9 Å². The molecule has 2 aliphatic rings. The molecule has 1 fully saturated rings. The summed E-state index contributed by atoms with van der Waals surface area (Å²) in [5, 5.41) is 10.9. The number of benzene rings is 1. The lowest BCUT2D eigenvalue weighted by atomic mass is 10.2. The molecule has 2 N–H and O–H groups in total. The molecule has 2 amide bonds. The zero-order valence-electron chi connectivity index (χ0n) is 15.2. The first kappa shape index (κ1) is 19.3. The van der Waals surface area contributed by atoms with E-state index in [2.05, 4.69) is 15.7 Å². The highest BCUT2D eigenvalue weighted by molar-refractivity contribution is 7.98. The summed E-state index contributed by atoms with van der Waals surface area (Å²) in [7, 11) is 0. The molecule has 3 heterocycles. The summed E-state index contributed by atoms with van der Waals surface area (Å²) in [6.45, 7) is 1.31. The van der Waals surface area contributed by atoms with Crippen molar-refractivity contribution in [3.8, 4) is 0 Å². The van der Waals surface area contributed by atoms with E-state index in [0.717, 1.165) is 42.2 Å². The Kier molecular flexibility index (Phi) is 5.89. The van der Waals surface area contributed by atoms with Crippen LogP contribution in [0, 0.1) is 0 Å². The third-order valence-corrected chi connectivity index (χ3v) is 6.02. The number of thioether (sulfide) groups is 1. The van der Waals surface area contributed by atoms with Gasteiger partial charge in [0.25, 0.3) is 5.91 Å². The summed E-state index contributed by atoms with van der Waals surface area (Å²) in [6, 6.07) is 6.68. The van der Waals surface area contributed by atoms with Gasteiger partial charge in [-0.05, 0) is 37.1 Å². The van der Waals surface area contributed by atoms with Crippen LogP contribution in [0.1, 0.15) is 34.5 Å². The van der Waals surface area contributed by atoms with Crippen LogP contribution in [0.5, 0.6) is 0 Å². The largest absolute Gasteiger partial charge is 0.376 e. The van der Waals surface area contributed by atoms with Crippen molar-refractivity contribution in [2.45, 2.75) is 37.0 Å². The third kappa shape index (κ3) is 4.34. The summed E-state index contributed by atoms with van der Waals surface area (Å²) < 4.78 is 7.12. The van der Waals surface area contributed by atoms with E-state index in [1.165, 1.54) is 0 Å². The van der Waals surface area contributed by atoms with Crippen LogP contribution < -0.4 is 10.6 Å². The first-order chi connectivity index (χ1) is 13.6. The fraction of sp³-hybridized carbons (Fsp3) is 0.421. The topological polar surface area (TPSA) is 85.2 Å². The van der Waals surface area contributed by atoms with Crippen LogP contribution >= 0.6 is 23.4 Å². The molecule has 0 aliphatic carbocycles. The number of halogens is 1. The van der Waals surface area contributed by atoms with Crippen LogP contribution in [0.25, 0.3) is 0 Å². The first-order valence-electron chi connectivity index (χ1n) is 9.21. The minimum absolute atomic E-state index is 0.0562. The van der Waals surface area contributed by atoms with Crippen molar-refractivity contribution >= 4 is 41.0 Å². The average Bonchev–Trinajstić information content (AvgIpc) is 3.41. The van der Waals surface area contributed by atoms with Gasteiger partial charge in [-0.25, -0.2) is 4.68 Å². The number of hydrogen-bond acceptors (Lipinski definition) is 5. The van der Waals surface area contributed by atoms with E-state index in [-0.39, 0.29) is 24.5 Å². The number of amides is 2. The number of anilines is 1. The van der Waals surface area contributed by atoms with Crippen LogP contribution in [0.4, 0.5) is 5.82 Å². The average molecular weight is 421 g/mol. The van der Waals surface area contributed by atoms with Crippen LogP contribution in [0.15, 0.2) is 24.3 Å². The highest BCUT2D eigenvalue weighted by Crippen LogP contribution is 2.34. The Balaban J connectivity index is 1.46. The number of fused-ring (bicyclic) bond motifs is 1. The lowest BCUT2D eigenvalue weighted by Crippen LogP contribution is -2.34.